The second-order valence-electron chi connectivity index (χ2n) is 6.28. The topological polar surface area (TPSA) is 64.1 Å². The fourth-order valence-electron chi connectivity index (χ4n) is 2.68. The van der Waals surface area contributed by atoms with Gasteiger partial charge < -0.3 is 10.1 Å². The van der Waals surface area contributed by atoms with E-state index >= 15 is 0 Å². The molecule has 1 N–H and O–H groups in total. The lowest BCUT2D eigenvalue weighted by molar-refractivity contribution is -0.119. The Morgan fingerprint density at radius 2 is 2.12 bits per heavy atom. The van der Waals surface area contributed by atoms with E-state index in [1.165, 1.54) is 22.9 Å². The number of hydrogen-bond donors (Lipinski definition) is 1. The van der Waals surface area contributed by atoms with Crippen molar-refractivity contribution in [2.24, 2.45) is 0 Å². The SMILES string of the molecule is Cc1ccc(-c2ccc(SCC(=O)NC[C@@H]3CCCO3)nn2)cc1C. The predicted molar refractivity (Wildman–Crippen MR) is 99.6 cm³/mol. The highest BCUT2D eigenvalue weighted by Crippen LogP contribution is 2.22. The van der Waals surface area contributed by atoms with Gasteiger partial charge in [-0.05, 0) is 56.0 Å². The number of aromatic nitrogens is 2. The van der Waals surface area contributed by atoms with Crippen LogP contribution in [0, 0.1) is 13.8 Å². The molecule has 1 aromatic heterocycles. The molecule has 3 rings (SSSR count). The molecule has 2 heterocycles. The van der Waals surface area contributed by atoms with E-state index in [1.807, 2.05) is 12.1 Å². The molecule has 1 aliphatic heterocycles. The third-order valence-corrected chi connectivity index (χ3v) is 5.26. The minimum Gasteiger partial charge on any atom is -0.376 e. The molecular weight excluding hydrogens is 334 g/mol. The Balaban J connectivity index is 1.50. The molecule has 1 aromatic carbocycles. The van der Waals surface area contributed by atoms with Gasteiger partial charge in [-0.25, -0.2) is 0 Å². The van der Waals surface area contributed by atoms with Gasteiger partial charge in [-0.2, -0.15) is 0 Å². The van der Waals surface area contributed by atoms with Gasteiger partial charge in [-0.15, -0.1) is 10.2 Å². The minimum atomic E-state index is 0.000496. The molecule has 0 bridgehead atoms. The van der Waals surface area contributed by atoms with Crippen molar-refractivity contribution in [3.05, 3.63) is 41.5 Å². The molecule has 0 aliphatic carbocycles. The van der Waals surface area contributed by atoms with Crippen LogP contribution in [0.15, 0.2) is 35.4 Å². The molecule has 0 radical (unpaired) electrons. The lowest BCUT2D eigenvalue weighted by Crippen LogP contribution is -2.32. The van der Waals surface area contributed by atoms with E-state index in [-0.39, 0.29) is 12.0 Å². The maximum absolute atomic E-state index is 11.9. The standard InChI is InChI=1S/C19H23N3O2S/c1-13-5-6-15(10-14(13)2)17-7-8-19(22-21-17)25-12-18(23)20-11-16-4-3-9-24-16/h5-8,10,16H,3-4,9,11-12H2,1-2H3,(H,20,23)/t16-/m0/s1. The summed E-state index contributed by atoms with van der Waals surface area (Å²) < 4.78 is 5.49. The molecule has 0 spiro atoms. The monoisotopic (exact) mass is 357 g/mol. The number of ether oxygens (including phenoxy) is 1. The smallest absolute Gasteiger partial charge is 0.230 e. The third-order valence-electron chi connectivity index (χ3n) is 4.34. The molecule has 132 valence electrons. The molecule has 25 heavy (non-hydrogen) atoms. The van der Waals surface area contributed by atoms with Gasteiger partial charge in [0.1, 0.15) is 5.03 Å². The van der Waals surface area contributed by atoms with Gasteiger partial charge in [-0.1, -0.05) is 23.9 Å². The second kappa shape index (κ2) is 8.45. The summed E-state index contributed by atoms with van der Waals surface area (Å²) in [6.45, 7) is 5.58. The van der Waals surface area contributed by atoms with Crippen LogP contribution < -0.4 is 5.32 Å². The van der Waals surface area contributed by atoms with Crippen molar-refractivity contribution >= 4 is 17.7 Å². The van der Waals surface area contributed by atoms with Crippen molar-refractivity contribution in [1.29, 1.82) is 0 Å². The van der Waals surface area contributed by atoms with Crippen molar-refractivity contribution in [2.45, 2.75) is 37.8 Å². The molecule has 6 heteroatoms. The van der Waals surface area contributed by atoms with E-state index in [0.717, 1.165) is 35.7 Å². The molecule has 1 amide bonds. The number of carbonyl (C=O) groups excluding carboxylic acids is 1. The molecular formula is C19H23N3O2S. The number of amides is 1. The number of thioether (sulfide) groups is 1. The Bertz CT molecular complexity index is 728. The van der Waals surface area contributed by atoms with Crippen LogP contribution in [-0.4, -0.2) is 41.1 Å². The molecule has 1 saturated heterocycles. The van der Waals surface area contributed by atoms with E-state index in [2.05, 4.69) is 47.6 Å². The summed E-state index contributed by atoms with van der Waals surface area (Å²) in [4.78, 5) is 11.9. The zero-order valence-corrected chi connectivity index (χ0v) is 15.4. The first-order valence-electron chi connectivity index (χ1n) is 8.54. The molecule has 2 aromatic rings. The lowest BCUT2D eigenvalue weighted by atomic mass is 10.0. The normalized spacial score (nSPS) is 16.8. The number of hydrogen-bond acceptors (Lipinski definition) is 5. The fourth-order valence-corrected chi connectivity index (χ4v) is 3.32. The van der Waals surface area contributed by atoms with Gasteiger partial charge in [-0.3, -0.25) is 4.79 Å². The van der Waals surface area contributed by atoms with Crippen LogP contribution >= 0.6 is 11.8 Å². The highest BCUT2D eigenvalue weighted by Gasteiger charge is 2.16. The van der Waals surface area contributed by atoms with Gasteiger partial charge in [0.25, 0.3) is 0 Å². The van der Waals surface area contributed by atoms with Gasteiger partial charge >= 0.3 is 0 Å². The number of aryl methyl sites for hydroxylation is 2. The molecule has 1 aliphatic rings. The average molecular weight is 357 g/mol. The van der Waals surface area contributed by atoms with Crippen LogP contribution in [0.5, 0.6) is 0 Å². The van der Waals surface area contributed by atoms with Crippen molar-refractivity contribution in [2.75, 3.05) is 18.9 Å². The van der Waals surface area contributed by atoms with Gasteiger partial charge in [0.05, 0.1) is 17.6 Å². The summed E-state index contributed by atoms with van der Waals surface area (Å²) >= 11 is 1.39. The van der Waals surface area contributed by atoms with E-state index in [1.54, 1.807) is 0 Å². The predicted octanol–water partition coefficient (Wildman–Crippen LogP) is 3.15. The summed E-state index contributed by atoms with van der Waals surface area (Å²) in [5.41, 5.74) is 4.40. The summed E-state index contributed by atoms with van der Waals surface area (Å²) in [6, 6.07) is 10.1. The summed E-state index contributed by atoms with van der Waals surface area (Å²) in [6.07, 6.45) is 2.28. The zero-order chi connectivity index (χ0) is 17.6. The number of nitrogens with one attached hydrogen (secondary N) is 1. The highest BCUT2D eigenvalue weighted by atomic mass is 32.2. The Morgan fingerprint density at radius 1 is 1.24 bits per heavy atom. The van der Waals surface area contributed by atoms with Gasteiger partial charge in [0.2, 0.25) is 5.91 Å². The van der Waals surface area contributed by atoms with Crippen LogP contribution in [0.2, 0.25) is 0 Å². The maximum atomic E-state index is 11.9. The number of carbonyl (C=O) groups is 1. The zero-order valence-electron chi connectivity index (χ0n) is 14.6. The molecule has 5 nitrogen and oxygen atoms in total. The summed E-state index contributed by atoms with van der Waals surface area (Å²) in [5, 5.41) is 12.2. The third kappa shape index (κ3) is 5.03. The van der Waals surface area contributed by atoms with E-state index in [4.69, 9.17) is 4.74 Å². The molecule has 0 unspecified atom stereocenters. The first-order valence-corrected chi connectivity index (χ1v) is 9.53. The van der Waals surface area contributed by atoms with Gasteiger partial charge in [0.15, 0.2) is 0 Å². The highest BCUT2D eigenvalue weighted by molar-refractivity contribution is 7.99. The first-order chi connectivity index (χ1) is 12.1. The van der Waals surface area contributed by atoms with Crippen LogP contribution in [0.3, 0.4) is 0 Å². The number of benzene rings is 1. The Labute approximate surface area is 152 Å². The van der Waals surface area contributed by atoms with E-state index < -0.39 is 0 Å². The van der Waals surface area contributed by atoms with E-state index in [9.17, 15) is 4.79 Å². The largest absolute Gasteiger partial charge is 0.376 e. The summed E-state index contributed by atoms with van der Waals surface area (Å²) in [7, 11) is 0. The van der Waals surface area contributed by atoms with Crippen LogP contribution in [-0.2, 0) is 9.53 Å². The first kappa shape index (κ1) is 17.9. The minimum absolute atomic E-state index is 0.000496. The molecule has 1 atom stereocenters. The lowest BCUT2D eigenvalue weighted by Gasteiger charge is -2.10. The Hall–Kier alpha value is -1.92. The fraction of sp³-hybridized carbons (Fsp3) is 0.421. The second-order valence-corrected chi connectivity index (χ2v) is 7.28. The van der Waals surface area contributed by atoms with Crippen molar-refractivity contribution in [3.8, 4) is 11.3 Å². The Kier molecular flexibility index (Phi) is 6.04. The molecule has 0 saturated carbocycles. The van der Waals surface area contributed by atoms with E-state index in [0.29, 0.717) is 12.3 Å². The van der Waals surface area contributed by atoms with Crippen molar-refractivity contribution in [3.63, 3.8) is 0 Å². The molecule has 1 fully saturated rings. The quantitative estimate of drug-likeness (QED) is 0.805. The average Bonchev–Trinajstić information content (AvgIpc) is 3.14. The van der Waals surface area contributed by atoms with Crippen LogP contribution in [0.4, 0.5) is 0 Å². The van der Waals surface area contributed by atoms with Crippen LogP contribution in [0.25, 0.3) is 11.3 Å². The van der Waals surface area contributed by atoms with Crippen LogP contribution in [0.1, 0.15) is 24.0 Å². The van der Waals surface area contributed by atoms with Crippen molar-refractivity contribution in [1.82, 2.24) is 15.5 Å². The van der Waals surface area contributed by atoms with Crippen molar-refractivity contribution < 1.29 is 9.53 Å². The summed E-state index contributed by atoms with van der Waals surface area (Å²) in [5.74, 6) is 0.338. The Morgan fingerprint density at radius 3 is 2.80 bits per heavy atom. The number of nitrogens with zero attached hydrogens (tertiary/aromatic N) is 2. The number of rotatable bonds is 6. The van der Waals surface area contributed by atoms with Gasteiger partial charge in [0, 0.05) is 18.7 Å². The maximum Gasteiger partial charge on any atom is 0.230 e.